The van der Waals surface area contributed by atoms with Gasteiger partial charge in [-0.15, -0.1) is 24.0 Å². The zero-order valence-electron chi connectivity index (χ0n) is 18.5. The average Bonchev–Trinajstić information content (AvgIpc) is 2.72. The molecule has 30 heavy (non-hydrogen) atoms. The Morgan fingerprint density at radius 3 is 2.73 bits per heavy atom. The van der Waals surface area contributed by atoms with Crippen LogP contribution in [-0.2, 0) is 13.0 Å². The zero-order valence-corrected chi connectivity index (χ0v) is 20.8. The second-order valence-corrected chi connectivity index (χ2v) is 7.98. The van der Waals surface area contributed by atoms with Gasteiger partial charge in [-0.1, -0.05) is 30.3 Å². The number of pyridine rings is 1. The SMILES string of the molecule is CCNC(=NCCc1ccncc1C)NC1CCN(Cc2ccccc2)C(C)C1.I. The number of guanidine groups is 1. The van der Waals surface area contributed by atoms with Crippen molar-refractivity contribution < 1.29 is 0 Å². The van der Waals surface area contributed by atoms with Crippen LogP contribution in [0, 0.1) is 6.92 Å². The molecule has 2 aromatic rings. The van der Waals surface area contributed by atoms with Gasteiger partial charge in [-0.3, -0.25) is 14.9 Å². The molecule has 1 fully saturated rings. The molecule has 0 saturated carbocycles. The van der Waals surface area contributed by atoms with Gasteiger partial charge in [0.25, 0.3) is 0 Å². The van der Waals surface area contributed by atoms with E-state index in [1.54, 1.807) is 0 Å². The summed E-state index contributed by atoms with van der Waals surface area (Å²) in [5.74, 6) is 0.938. The van der Waals surface area contributed by atoms with Crippen LogP contribution in [0.25, 0.3) is 0 Å². The lowest BCUT2D eigenvalue weighted by atomic mass is 9.97. The Kier molecular flexibility index (Phi) is 10.6. The van der Waals surface area contributed by atoms with Gasteiger partial charge in [0.2, 0.25) is 0 Å². The van der Waals surface area contributed by atoms with Gasteiger partial charge >= 0.3 is 0 Å². The predicted octanol–water partition coefficient (Wildman–Crippen LogP) is 4.16. The molecule has 0 bridgehead atoms. The second-order valence-electron chi connectivity index (χ2n) is 7.98. The number of benzene rings is 1. The van der Waals surface area contributed by atoms with E-state index in [0.29, 0.717) is 12.1 Å². The summed E-state index contributed by atoms with van der Waals surface area (Å²) in [6, 6.07) is 13.9. The normalized spacial score (nSPS) is 19.8. The molecule has 5 nitrogen and oxygen atoms in total. The third-order valence-corrected chi connectivity index (χ3v) is 5.71. The van der Waals surface area contributed by atoms with Crippen LogP contribution in [-0.4, -0.2) is 47.6 Å². The third kappa shape index (κ3) is 7.54. The number of halogens is 1. The summed E-state index contributed by atoms with van der Waals surface area (Å²) in [6.07, 6.45) is 7.01. The van der Waals surface area contributed by atoms with Crippen LogP contribution in [0.4, 0.5) is 0 Å². The summed E-state index contributed by atoms with van der Waals surface area (Å²) in [5, 5.41) is 7.08. The Morgan fingerprint density at radius 1 is 1.23 bits per heavy atom. The molecule has 0 radical (unpaired) electrons. The minimum Gasteiger partial charge on any atom is -0.357 e. The molecular weight excluding hydrogens is 485 g/mol. The number of nitrogens with zero attached hydrogens (tertiary/aromatic N) is 3. The third-order valence-electron chi connectivity index (χ3n) is 5.71. The van der Waals surface area contributed by atoms with Gasteiger partial charge in [0, 0.05) is 50.7 Å². The van der Waals surface area contributed by atoms with E-state index in [-0.39, 0.29) is 24.0 Å². The van der Waals surface area contributed by atoms with Crippen molar-refractivity contribution in [3.05, 3.63) is 65.5 Å². The van der Waals surface area contributed by atoms with E-state index in [1.165, 1.54) is 16.7 Å². The van der Waals surface area contributed by atoms with Gasteiger partial charge in [0.1, 0.15) is 0 Å². The van der Waals surface area contributed by atoms with Gasteiger partial charge in [-0.05, 0) is 62.8 Å². The number of hydrogen-bond donors (Lipinski definition) is 2. The topological polar surface area (TPSA) is 52.6 Å². The summed E-state index contributed by atoms with van der Waals surface area (Å²) in [6.45, 7) is 10.4. The molecule has 0 spiro atoms. The van der Waals surface area contributed by atoms with E-state index in [0.717, 1.165) is 51.4 Å². The van der Waals surface area contributed by atoms with Crippen molar-refractivity contribution in [2.45, 2.75) is 58.7 Å². The van der Waals surface area contributed by atoms with Gasteiger partial charge in [0.15, 0.2) is 5.96 Å². The van der Waals surface area contributed by atoms with E-state index in [9.17, 15) is 0 Å². The van der Waals surface area contributed by atoms with Crippen molar-refractivity contribution in [1.29, 1.82) is 0 Å². The number of piperidine rings is 1. The highest BCUT2D eigenvalue weighted by Gasteiger charge is 2.25. The monoisotopic (exact) mass is 521 g/mol. The Bertz CT molecular complexity index is 780. The number of aromatic nitrogens is 1. The summed E-state index contributed by atoms with van der Waals surface area (Å²) in [4.78, 5) is 11.6. The van der Waals surface area contributed by atoms with Crippen molar-refractivity contribution >= 4 is 29.9 Å². The maximum absolute atomic E-state index is 4.82. The second kappa shape index (κ2) is 12.9. The highest BCUT2D eigenvalue weighted by atomic mass is 127. The fraction of sp³-hybridized carbons (Fsp3) is 0.500. The molecule has 164 valence electrons. The highest BCUT2D eigenvalue weighted by Crippen LogP contribution is 2.20. The first-order chi connectivity index (χ1) is 14.2. The number of aliphatic imine (C=N–C) groups is 1. The van der Waals surface area contributed by atoms with Gasteiger partial charge in [-0.25, -0.2) is 0 Å². The Balaban J connectivity index is 0.00000320. The molecule has 0 amide bonds. The summed E-state index contributed by atoms with van der Waals surface area (Å²) in [7, 11) is 0. The Hall–Kier alpha value is -1.67. The predicted molar refractivity (Wildman–Crippen MR) is 137 cm³/mol. The quantitative estimate of drug-likeness (QED) is 0.327. The molecule has 1 aromatic heterocycles. The molecule has 1 aliphatic heterocycles. The standard InChI is InChI=1S/C24H35N5.HI/c1-4-26-24(27-14-11-22-10-13-25-17-19(22)2)28-23-12-15-29(20(3)16-23)18-21-8-6-5-7-9-21;/h5-10,13,17,20,23H,4,11-12,14-16,18H2,1-3H3,(H2,26,27,28);1H. The summed E-state index contributed by atoms with van der Waals surface area (Å²) in [5.41, 5.74) is 3.95. The fourth-order valence-corrected chi connectivity index (χ4v) is 3.99. The minimum atomic E-state index is 0. The number of likely N-dealkylation sites (tertiary alicyclic amines) is 1. The number of rotatable bonds is 7. The first kappa shape index (κ1) is 24.6. The molecule has 6 heteroatoms. The van der Waals surface area contributed by atoms with Crippen LogP contribution in [0.15, 0.2) is 53.8 Å². The van der Waals surface area contributed by atoms with Crippen LogP contribution >= 0.6 is 24.0 Å². The van der Waals surface area contributed by atoms with E-state index < -0.39 is 0 Å². The number of hydrogen-bond acceptors (Lipinski definition) is 3. The van der Waals surface area contributed by atoms with Crippen LogP contribution in [0.5, 0.6) is 0 Å². The van der Waals surface area contributed by atoms with Crippen molar-refractivity contribution in [2.24, 2.45) is 4.99 Å². The maximum atomic E-state index is 4.82. The van der Waals surface area contributed by atoms with Crippen molar-refractivity contribution in [3.8, 4) is 0 Å². The summed E-state index contributed by atoms with van der Waals surface area (Å²) >= 11 is 0. The minimum absolute atomic E-state index is 0. The molecule has 2 unspecified atom stereocenters. The van der Waals surface area contributed by atoms with E-state index in [4.69, 9.17) is 4.99 Å². The largest absolute Gasteiger partial charge is 0.357 e. The van der Waals surface area contributed by atoms with Crippen LogP contribution in [0.2, 0.25) is 0 Å². The molecule has 3 rings (SSSR count). The fourth-order valence-electron chi connectivity index (χ4n) is 3.99. The Labute approximate surface area is 198 Å². The van der Waals surface area contributed by atoms with E-state index in [1.807, 2.05) is 12.4 Å². The van der Waals surface area contributed by atoms with Gasteiger partial charge < -0.3 is 10.6 Å². The number of nitrogens with one attached hydrogen (secondary N) is 2. The Morgan fingerprint density at radius 2 is 2.03 bits per heavy atom. The molecule has 2 heterocycles. The molecule has 1 aromatic carbocycles. The van der Waals surface area contributed by atoms with Crippen molar-refractivity contribution in [3.63, 3.8) is 0 Å². The van der Waals surface area contributed by atoms with E-state index in [2.05, 4.69) is 77.7 Å². The lowest BCUT2D eigenvalue weighted by Crippen LogP contribution is -2.51. The molecule has 2 atom stereocenters. The first-order valence-electron chi connectivity index (χ1n) is 10.9. The van der Waals surface area contributed by atoms with Crippen molar-refractivity contribution in [2.75, 3.05) is 19.6 Å². The van der Waals surface area contributed by atoms with Crippen LogP contribution in [0.1, 0.15) is 43.4 Å². The molecule has 0 aliphatic carbocycles. The van der Waals surface area contributed by atoms with Gasteiger partial charge in [-0.2, -0.15) is 0 Å². The van der Waals surface area contributed by atoms with Crippen LogP contribution < -0.4 is 10.6 Å². The smallest absolute Gasteiger partial charge is 0.191 e. The lowest BCUT2D eigenvalue weighted by Gasteiger charge is -2.38. The van der Waals surface area contributed by atoms with Crippen LogP contribution in [0.3, 0.4) is 0 Å². The van der Waals surface area contributed by atoms with Gasteiger partial charge in [0.05, 0.1) is 0 Å². The van der Waals surface area contributed by atoms with Crippen molar-refractivity contribution in [1.82, 2.24) is 20.5 Å². The molecular formula is C24H36IN5. The lowest BCUT2D eigenvalue weighted by molar-refractivity contribution is 0.134. The molecule has 1 aliphatic rings. The molecule has 1 saturated heterocycles. The zero-order chi connectivity index (χ0) is 20.5. The maximum Gasteiger partial charge on any atom is 0.191 e. The molecule has 2 N–H and O–H groups in total. The summed E-state index contributed by atoms with van der Waals surface area (Å²) < 4.78 is 0. The highest BCUT2D eigenvalue weighted by molar-refractivity contribution is 14.0. The number of aryl methyl sites for hydroxylation is 1. The first-order valence-corrected chi connectivity index (χ1v) is 10.9. The van der Waals surface area contributed by atoms with E-state index >= 15 is 0 Å². The average molecular weight is 521 g/mol.